The number of nitrogens with one attached hydrogen (secondary N) is 3. The molecule has 0 bridgehead atoms. The molecule has 0 saturated carbocycles. The molecule has 8 nitrogen and oxygen atoms in total. The minimum atomic E-state index is 0. The van der Waals surface area contributed by atoms with Gasteiger partial charge in [0.15, 0.2) is 11.8 Å². The summed E-state index contributed by atoms with van der Waals surface area (Å²) in [6.07, 6.45) is 5.32. The van der Waals surface area contributed by atoms with E-state index in [2.05, 4.69) is 67.1 Å². The predicted octanol–water partition coefficient (Wildman–Crippen LogP) is 3.49. The number of rotatable bonds is 7. The number of aromatic nitrogens is 4. The van der Waals surface area contributed by atoms with Crippen LogP contribution < -0.4 is 10.6 Å². The van der Waals surface area contributed by atoms with Crippen LogP contribution in [-0.4, -0.2) is 46.2 Å². The van der Waals surface area contributed by atoms with E-state index in [1.807, 2.05) is 18.2 Å². The Kier molecular flexibility index (Phi) is 7.99. The van der Waals surface area contributed by atoms with Crippen LogP contribution in [0, 0.1) is 6.92 Å². The van der Waals surface area contributed by atoms with Crippen molar-refractivity contribution in [3.8, 4) is 11.6 Å². The topological polar surface area (TPSA) is 104 Å². The lowest BCUT2D eigenvalue weighted by molar-refractivity contribution is 0.421. The number of para-hydroxylation sites is 1. The highest BCUT2D eigenvalue weighted by Gasteiger charge is 2.10. The van der Waals surface area contributed by atoms with Crippen LogP contribution in [0.4, 0.5) is 0 Å². The minimum Gasteiger partial charge on any atom is -0.361 e. The molecule has 0 amide bonds. The van der Waals surface area contributed by atoms with E-state index in [0.29, 0.717) is 30.4 Å². The summed E-state index contributed by atoms with van der Waals surface area (Å²) in [6.45, 7) is 3.55. The Morgan fingerprint density at radius 1 is 1.10 bits per heavy atom. The normalized spacial score (nSPS) is 11.4. The van der Waals surface area contributed by atoms with Crippen LogP contribution in [0.2, 0.25) is 0 Å². The van der Waals surface area contributed by atoms with Crippen molar-refractivity contribution in [1.29, 1.82) is 0 Å². The van der Waals surface area contributed by atoms with Gasteiger partial charge in [-0.05, 0) is 36.6 Å². The van der Waals surface area contributed by atoms with Gasteiger partial charge in [0.25, 0.3) is 5.89 Å². The van der Waals surface area contributed by atoms with E-state index < -0.39 is 0 Å². The Morgan fingerprint density at radius 2 is 1.94 bits per heavy atom. The van der Waals surface area contributed by atoms with Crippen LogP contribution in [0.1, 0.15) is 17.0 Å². The Labute approximate surface area is 198 Å². The zero-order chi connectivity index (χ0) is 20.8. The highest BCUT2D eigenvalue weighted by atomic mass is 127. The van der Waals surface area contributed by atoms with Crippen LogP contribution in [0.5, 0.6) is 0 Å². The maximum absolute atomic E-state index is 5.28. The van der Waals surface area contributed by atoms with E-state index in [4.69, 9.17) is 4.52 Å². The van der Waals surface area contributed by atoms with Gasteiger partial charge in [-0.25, -0.2) is 0 Å². The molecule has 1 aromatic carbocycles. The summed E-state index contributed by atoms with van der Waals surface area (Å²) >= 11 is 0. The van der Waals surface area contributed by atoms with Gasteiger partial charge in [0.05, 0.1) is 0 Å². The molecule has 0 saturated heterocycles. The number of guanidine groups is 1. The molecule has 4 aromatic rings. The van der Waals surface area contributed by atoms with E-state index in [1.165, 1.54) is 22.0 Å². The number of halogens is 1. The van der Waals surface area contributed by atoms with Gasteiger partial charge in [-0.15, -0.1) is 24.0 Å². The molecule has 9 heteroatoms. The average molecular weight is 531 g/mol. The number of pyridine rings is 1. The molecule has 0 fully saturated rings. The molecule has 3 aromatic heterocycles. The third-order valence-corrected chi connectivity index (χ3v) is 4.91. The SMILES string of the molecule is CN=C(NCCc1noc(-c2ccccn2)n1)NCCc1c[nH]c2c(C)cccc12.I. The van der Waals surface area contributed by atoms with Gasteiger partial charge in [-0.3, -0.25) is 9.98 Å². The summed E-state index contributed by atoms with van der Waals surface area (Å²) in [5, 5.41) is 11.9. The van der Waals surface area contributed by atoms with E-state index >= 15 is 0 Å². The first-order valence-corrected chi connectivity index (χ1v) is 9.98. The third-order valence-electron chi connectivity index (χ3n) is 4.91. The summed E-state index contributed by atoms with van der Waals surface area (Å²) in [4.78, 5) is 16.3. The fourth-order valence-electron chi connectivity index (χ4n) is 3.35. The molecule has 0 atom stereocenters. The van der Waals surface area contributed by atoms with Crippen molar-refractivity contribution in [3.05, 3.63) is 65.7 Å². The van der Waals surface area contributed by atoms with Crippen molar-refractivity contribution in [2.45, 2.75) is 19.8 Å². The summed E-state index contributed by atoms with van der Waals surface area (Å²) < 4.78 is 5.28. The molecule has 4 rings (SSSR count). The predicted molar refractivity (Wildman–Crippen MR) is 133 cm³/mol. The highest BCUT2D eigenvalue weighted by Crippen LogP contribution is 2.21. The van der Waals surface area contributed by atoms with Crippen LogP contribution in [0.25, 0.3) is 22.5 Å². The lowest BCUT2D eigenvalue weighted by Gasteiger charge is -2.10. The molecule has 3 N–H and O–H groups in total. The number of aliphatic imine (C=N–C) groups is 1. The Hall–Kier alpha value is -2.95. The molecule has 31 heavy (non-hydrogen) atoms. The zero-order valence-corrected chi connectivity index (χ0v) is 19.9. The van der Waals surface area contributed by atoms with Gasteiger partial charge in [0, 0.05) is 49.9 Å². The number of hydrogen-bond donors (Lipinski definition) is 3. The monoisotopic (exact) mass is 531 g/mol. The van der Waals surface area contributed by atoms with Gasteiger partial charge in [-0.2, -0.15) is 4.98 Å². The quantitative estimate of drug-likeness (QED) is 0.192. The largest absolute Gasteiger partial charge is 0.361 e. The molecule has 0 aliphatic carbocycles. The van der Waals surface area contributed by atoms with Crippen molar-refractivity contribution in [2.24, 2.45) is 4.99 Å². The van der Waals surface area contributed by atoms with Crippen molar-refractivity contribution < 1.29 is 4.52 Å². The van der Waals surface area contributed by atoms with Crippen molar-refractivity contribution >= 4 is 40.8 Å². The Balaban J connectivity index is 0.00000272. The number of aromatic amines is 1. The Bertz CT molecular complexity index is 1140. The van der Waals surface area contributed by atoms with Gasteiger partial charge >= 0.3 is 0 Å². The van der Waals surface area contributed by atoms with Gasteiger partial charge in [-0.1, -0.05) is 29.4 Å². The summed E-state index contributed by atoms with van der Waals surface area (Å²) in [7, 11) is 1.76. The first-order chi connectivity index (χ1) is 14.7. The second-order valence-corrected chi connectivity index (χ2v) is 6.97. The van der Waals surface area contributed by atoms with E-state index in [1.54, 1.807) is 13.2 Å². The molecule has 0 radical (unpaired) electrons. The number of hydrogen-bond acceptors (Lipinski definition) is 5. The smallest absolute Gasteiger partial charge is 0.276 e. The van der Waals surface area contributed by atoms with Crippen LogP contribution in [0.3, 0.4) is 0 Å². The van der Waals surface area contributed by atoms with Gasteiger partial charge in [0.2, 0.25) is 0 Å². The lowest BCUT2D eigenvalue weighted by atomic mass is 10.1. The highest BCUT2D eigenvalue weighted by molar-refractivity contribution is 14.0. The molecule has 0 aliphatic rings. The zero-order valence-electron chi connectivity index (χ0n) is 17.6. The molecule has 3 heterocycles. The first kappa shape index (κ1) is 22.7. The number of aryl methyl sites for hydroxylation is 1. The first-order valence-electron chi connectivity index (χ1n) is 9.98. The number of benzene rings is 1. The summed E-state index contributed by atoms with van der Waals surface area (Å²) in [5.41, 5.74) is 4.44. The van der Waals surface area contributed by atoms with Crippen LogP contribution in [-0.2, 0) is 12.8 Å². The lowest BCUT2D eigenvalue weighted by Crippen LogP contribution is -2.39. The van der Waals surface area contributed by atoms with E-state index in [-0.39, 0.29) is 24.0 Å². The third kappa shape index (κ3) is 5.60. The Morgan fingerprint density at radius 3 is 2.71 bits per heavy atom. The standard InChI is InChI=1S/C22H25N7O.HI/c1-15-6-5-7-17-16(14-27-20(15)17)9-12-25-22(23-2)26-13-10-19-28-21(30-29-19)18-8-3-4-11-24-18;/h3-8,11,14,27H,9-10,12-13H2,1-2H3,(H2,23,25,26);1H. The van der Waals surface area contributed by atoms with Crippen molar-refractivity contribution in [3.63, 3.8) is 0 Å². The second kappa shape index (κ2) is 10.9. The van der Waals surface area contributed by atoms with E-state index in [0.717, 1.165) is 18.9 Å². The number of H-pyrrole nitrogens is 1. The number of fused-ring (bicyclic) bond motifs is 1. The van der Waals surface area contributed by atoms with Crippen LogP contribution in [0.15, 0.2) is 58.3 Å². The molecular formula is C22H26IN7O. The molecule has 162 valence electrons. The summed E-state index contributed by atoms with van der Waals surface area (Å²) in [6, 6.07) is 12.0. The van der Waals surface area contributed by atoms with Crippen LogP contribution >= 0.6 is 24.0 Å². The summed E-state index contributed by atoms with van der Waals surface area (Å²) in [5.74, 6) is 1.81. The fraction of sp³-hybridized carbons (Fsp3) is 0.273. The van der Waals surface area contributed by atoms with E-state index in [9.17, 15) is 0 Å². The van der Waals surface area contributed by atoms with Gasteiger partial charge in [0.1, 0.15) is 5.69 Å². The molecule has 0 spiro atoms. The number of nitrogens with zero attached hydrogens (tertiary/aromatic N) is 4. The average Bonchev–Trinajstić information content (AvgIpc) is 3.41. The molecule has 0 unspecified atom stereocenters. The van der Waals surface area contributed by atoms with Crippen molar-refractivity contribution in [2.75, 3.05) is 20.1 Å². The van der Waals surface area contributed by atoms with Crippen molar-refractivity contribution in [1.82, 2.24) is 30.7 Å². The second-order valence-electron chi connectivity index (χ2n) is 6.97. The van der Waals surface area contributed by atoms with Gasteiger partial charge < -0.3 is 20.1 Å². The maximum atomic E-state index is 5.28. The fourth-order valence-corrected chi connectivity index (χ4v) is 3.35. The molecular weight excluding hydrogens is 505 g/mol. The minimum absolute atomic E-state index is 0. The molecule has 0 aliphatic heterocycles. The maximum Gasteiger partial charge on any atom is 0.276 e.